The van der Waals surface area contributed by atoms with Gasteiger partial charge in [-0.05, 0) is 29.8 Å². The molecule has 0 atom stereocenters. The van der Waals surface area contributed by atoms with Gasteiger partial charge in [-0.3, -0.25) is 9.20 Å². The van der Waals surface area contributed by atoms with Crippen LogP contribution >= 0.6 is 34.5 Å². The molecule has 0 spiro atoms. The molecule has 0 bridgehead atoms. The third-order valence-corrected chi connectivity index (χ3v) is 4.90. The molecule has 1 aromatic carbocycles. The number of fused-ring (bicyclic) bond motifs is 1. The molecule has 3 aromatic heterocycles. The Labute approximate surface area is 150 Å². The number of benzene rings is 1. The van der Waals surface area contributed by atoms with Crippen LogP contribution in [-0.2, 0) is 0 Å². The highest BCUT2D eigenvalue weighted by Gasteiger charge is 2.19. The minimum atomic E-state index is -0.169. The van der Waals surface area contributed by atoms with E-state index in [2.05, 4.69) is 15.0 Å². The van der Waals surface area contributed by atoms with E-state index < -0.39 is 0 Å². The van der Waals surface area contributed by atoms with Gasteiger partial charge >= 0.3 is 0 Å². The average molecular weight is 375 g/mol. The molecule has 4 aromatic rings. The number of rotatable bonds is 2. The first-order valence-electron chi connectivity index (χ1n) is 6.89. The van der Waals surface area contributed by atoms with Crippen LogP contribution in [-0.4, -0.2) is 19.4 Å². The van der Waals surface area contributed by atoms with E-state index in [4.69, 9.17) is 23.2 Å². The van der Waals surface area contributed by atoms with Gasteiger partial charge in [0.25, 0.3) is 5.56 Å². The highest BCUT2D eigenvalue weighted by molar-refractivity contribution is 7.20. The average Bonchev–Trinajstić information content (AvgIpc) is 2.96. The molecule has 0 fully saturated rings. The second-order valence-corrected chi connectivity index (χ2v) is 6.65. The number of thiazole rings is 1. The van der Waals surface area contributed by atoms with E-state index in [1.54, 1.807) is 28.8 Å². The van der Waals surface area contributed by atoms with Crippen LogP contribution in [0.1, 0.15) is 0 Å². The van der Waals surface area contributed by atoms with Crippen LogP contribution in [0.5, 0.6) is 0 Å². The topological polar surface area (TPSA) is 60.2 Å². The predicted octanol–water partition coefficient (Wildman–Crippen LogP) is 4.19. The van der Waals surface area contributed by atoms with Crippen molar-refractivity contribution in [2.24, 2.45) is 0 Å². The van der Waals surface area contributed by atoms with Crippen LogP contribution in [0.15, 0.2) is 53.6 Å². The Morgan fingerprint density at radius 3 is 2.67 bits per heavy atom. The molecular weight excluding hydrogens is 367 g/mol. The second kappa shape index (κ2) is 5.98. The van der Waals surface area contributed by atoms with Crippen molar-refractivity contribution in [3.8, 4) is 21.8 Å². The fourth-order valence-electron chi connectivity index (χ4n) is 2.44. The standard InChI is InChI=1S/C16H8Cl2N4OS/c17-10-3-1-2-9(8-10)13-14(11-4-6-19-15(18)21-11)24-16-20-7-5-12(23)22(13)16/h1-8H. The third kappa shape index (κ3) is 2.58. The molecular formula is C16H8Cl2N4OS. The first kappa shape index (κ1) is 15.3. The van der Waals surface area contributed by atoms with Gasteiger partial charge in [0, 0.05) is 29.0 Å². The molecule has 0 aliphatic rings. The summed E-state index contributed by atoms with van der Waals surface area (Å²) in [5.41, 5.74) is 1.94. The van der Waals surface area contributed by atoms with E-state index in [0.29, 0.717) is 21.4 Å². The molecule has 0 saturated heterocycles. The first-order valence-corrected chi connectivity index (χ1v) is 8.46. The Balaban J connectivity index is 2.12. The van der Waals surface area contributed by atoms with Gasteiger partial charge in [-0.2, -0.15) is 0 Å². The van der Waals surface area contributed by atoms with Crippen molar-refractivity contribution in [3.63, 3.8) is 0 Å². The largest absolute Gasteiger partial charge is 0.269 e. The lowest BCUT2D eigenvalue weighted by atomic mass is 10.1. The summed E-state index contributed by atoms with van der Waals surface area (Å²) < 4.78 is 1.56. The van der Waals surface area contributed by atoms with Gasteiger partial charge in [0.1, 0.15) is 0 Å². The molecule has 24 heavy (non-hydrogen) atoms. The van der Waals surface area contributed by atoms with Crippen LogP contribution in [0.3, 0.4) is 0 Å². The summed E-state index contributed by atoms with van der Waals surface area (Å²) in [5, 5.41) is 0.720. The van der Waals surface area contributed by atoms with Crippen LogP contribution in [0.4, 0.5) is 0 Å². The number of halogens is 2. The fraction of sp³-hybridized carbons (Fsp3) is 0. The maximum atomic E-state index is 12.4. The van der Waals surface area contributed by atoms with Gasteiger partial charge < -0.3 is 0 Å². The highest BCUT2D eigenvalue weighted by Crippen LogP contribution is 2.38. The molecule has 0 aliphatic carbocycles. The number of nitrogens with zero attached hydrogens (tertiary/aromatic N) is 4. The number of hydrogen-bond acceptors (Lipinski definition) is 5. The summed E-state index contributed by atoms with van der Waals surface area (Å²) >= 11 is 13.4. The van der Waals surface area contributed by atoms with Gasteiger partial charge in [-0.1, -0.05) is 35.1 Å². The van der Waals surface area contributed by atoms with Gasteiger partial charge in [0.2, 0.25) is 5.28 Å². The lowest BCUT2D eigenvalue weighted by Crippen LogP contribution is -2.12. The normalized spacial score (nSPS) is 11.1. The zero-order valence-corrected chi connectivity index (χ0v) is 14.3. The van der Waals surface area contributed by atoms with Crippen LogP contribution in [0.25, 0.3) is 26.8 Å². The van der Waals surface area contributed by atoms with Gasteiger partial charge in [0.15, 0.2) is 4.96 Å². The van der Waals surface area contributed by atoms with Gasteiger partial charge in [0.05, 0.1) is 16.3 Å². The Hall–Kier alpha value is -2.28. The van der Waals surface area contributed by atoms with Crippen molar-refractivity contribution in [1.29, 1.82) is 0 Å². The summed E-state index contributed by atoms with van der Waals surface area (Å²) in [5.74, 6) is 0. The smallest absolute Gasteiger partial charge is 0.258 e. The molecule has 5 nitrogen and oxygen atoms in total. The second-order valence-electron chi connectivity index (χ2n) is 4.90. The van der Waals surface area contributed by atoms with Crippen LogP contribution in [0, 0.1) is 0 Å². The van der Waals surface area contributed by atoms with E-state index in [9.17, 15) is 4.79 Å². The minimum absolute atomic E-state index is 0.141. The molecule has 0 N–H and O–H groups in total. The fourth-order valence-corrected chi connectivity index (χ4v) is 3.87. The highest BCUT2D eigenvalue weighted by atomic mass is 35.5. The van der Waals surface area contributed by atoms with Gasteiger partial charge in [-0.25, -0.2) is 15.0 Å². The summed E-state index contributed by atoms with van der Waals surface area (Å²) in [6.07, 6.45) is 3.07. The molecule has 3 heterocycles. The Kier molecular flexibility index (Phi) is 3.80. The van der Waals surface area contributed by atoms with E-state index in [-0.39, 0.29) is 10.8 Å². The summed E-state index contributed by atoms with van der Waals surface area (Å²) in [7, 11) is 0. The maximum Gasteiger partial charge on any atom is 0.258 e. The van der Waals surface area contributed by atoms with Crippen molar-refractivity contribution in [3.05, 3.63) is 69.5 Å². The molecule has 0 aliphatic heterocycles. The molecule has 8 heteroatoms. The summed E-state index contributed by atoms with van der Waals surface area (Å²) in [6.45, 7) is 0. The molecule has 0 saturated carbocycles. The molecule has 0 radical (unpaired) electrons. The van der Waals surface area contributed by atoms with Crippen LogP contribution in [0.2, 0.25) is 10.3 Å². The van der Waals surface area contributed by atoms with E-state index in [0.717, 1.165) is 10.4 Å². The Bertz CT molecular complexity index is 1120. The summed E-state index contributed by atoms with van der Waals surface area (Å²) in [4.78, 5) is 26.2. The Morgan fingerprint density at radius 2 is 1.88 bits per heavy atom. The molecule has 4 rings (SSSR count). The molecule has 118 valence electrons. The number of hydrogen-bond donors (Lipinski definition) is 0. The third-order valence-electron chi connectivity index (χ3n) is 3.40. The van der Waals surface area contributed by atoms with Crippen molar-refractivity contribution >= 4 is 39.5 Å². The van der Waals surface area contributed by atoms with Crippen molar-refractivity contribution in [2.45, 2.75) is 0 Å². The molecule has 0 amide bonds. The van der Waals surface area contributed by atoms with Crippen molar-refractivity contribution in [2.75, 3.05) is 0 Å². The summed E-state index contributed by atoms with van der Waals surface area (Å²) in [6, 6.07) is 10.5. The van der Waals surface area contributed by atoms with E-state index >= 15 is 0 Å². The lowest BCUT2D eigenvalue weighted by molar-refractivity contribution is 1.08. The maximum absolute atomic E-state index is 12.4. The van der Waals surface area contributed by atoms with E-state index in [1.807, 2.05) is 12.1 Å². The van der Waals surface area contributed by atoms with E-state index in [1.165, 1.54) is 23.6 Å². The Morgan fingerprint density at radius 1 is 1.04 bits per heavy atom. The van der Waals surface area contributed by atoms with Crippen molar-refractivity contribution < 1.29 is 0 Å². The lowest BCUT2D eigenvalue weighted by Gasteiger charge is -2.06. The van der Waals surface area contributed by atoms with Crippen LogP contribution < -0.4 is 5.56 Å². The number of aromatic nitrogens is 4. The predicted molar refractivity (Wildman–Crippen MR) is 95.8 cm³/mol. The minimum Gasteiger partial charge on any atom is -0.269 e. The van der Waals surface area contributed by atoms with Gasteiger partial charge in [-0.15, -0.1) is 0 Å². The quantitative estimate of drug-likeness (QED) is 0.493. The zero-order chi connectivity index (χ0) is 16.7. The van der Waals surface area contributed by atoms with Crippen molar-refractivity contribution in [1.82, 2.24) is 19.4 Å². The SMILES string of the molecule is O=c1ccnc2sc(-c3ccnc(Cl)n3)c(-c3cccc(Cl)c3)n12. The monoisotopic (exact) mass is 374 g/mol. The first-order chi connectivity index (χ1) is 11.6. The molecule has 0 unspecified atom stereocenters. The zero-order valence-electron chi connectivity index (χ0n) is 12.0.